The van der Waals surface area contributed by atoms with Gasteiger partial charge in [0.15, 0.2) is 0 Å². The van der Waals surface area contributed by atoms with E-state index in [0.717, 1.165) is 11.1 Å². The summed E-state index contributed by atoms with van der Waals surface area (Å²) in [6.07, 6.45) is 5.70. The number of nitrogens with zero attached hydrogens (tertiary/aromatic N) is 5. The Balaban J connectivity index is 1.92. The van der Waals surface area contributed by atoms with Crippen molar-refractivity contribution in [3.63, 3.8) is 0 Å². The van der Waals surface area contributed by atoms with E-state index in [9.17, 15) is 8.42 Å². The van der Waals surface area contributed by atoms with Crippen LogP contribution in [0.2, 0.25) is 0 Å². The van der Waals surface area contributed by atoms with E-state index < -0.39 is 10.2 Å². The zero-order valence-corrected chi connectivity index (χ0v) is 18.9. The fourth-order valence-electron chi connectivity index (χ4n) is 3.12. The van der Waals surface area contributed by atoms with Crippen LogP contribution in [0.15, 0.2) is 42.9 Å². The summed E-state index contributed by atoms with van der Waals surface area (Å²) in [7, 11) is -3.66. The van der Waals surface area contributed by atoms with Crippen molar-refractivity contribution in [2.75, 3.05) is 23.1 Å². The first kappa shape index (κ1) is 22.6. The summed E-state index contributed by atoms with van der Waals surface area (Å²) >= 11 is 0. The lowest BCUT2D eigenvalue weighted by molar-refractivity contribution is 0.449. The number of hydrogen-bond acceptors (Lipinski definition) is 7. The third-order valence-corrected chi connectivity index (χ3v) is 6.39. The number of pyridine rings is 2. The molecule has 3 aromatic heterocycles. The molecule has 0 unspecified atom stereocenters. The molecule has 0 spiro atoms. The van der Waals surface area contributed by atoms with E-state index in [2.05, 4.69) is 30.0 Å². The first-order valence-electron chi connectivity index (χ1n) is 10.2. The summed E-state index contributed by atoms with van der Waals surface area (Å²) in [5.74, 6) is 1.91. The fourth-order valence-corrected chi connectivity index (χ4v) is 4.39. The van der Waals surface area contributed by atoms with Gasteiger partial charge in [0.1, 0.15) is 17.5 Å². The van der Waals surface area contributed by atoms with Crippen LogP contribution in [0.1, 0.15) is 32.3 Å². The van der Waals surface area contributed by atoms with Gasteiger partial charge in [-0.25, -0.2) is 15.0 Å². The fraction of sp³-hybridized carbons (Fsp3) is 0.333. The van der Waals surface area contributed by atoms with Gasteiger partial charge in [-0.3, -0.25) is 9.71 Å². The normalized spacial score (nSPS) is 11.5. The lowest BCUT2D eigenvalue weighted by Gasteiger charge is -2.20. The lowest BCUT2D eigenvalue weighted by atomic mass is 10.1. The second-order valence-corrected chi connectivity index (χ2v) is 8.48. The highest BCUT2D eigenvalue weighted by atomic mass is 32.2. The van der Waals surface area contributed by atoms with E-state index in [-0.39, 0.29) is 0 Å². The molecule has 164 valence electrons. The first-order chi connectivity index (χ1) is 14.9. The largest absolute Gasteiger partial charge is 0.325 e. The summed E-state index contributed by atoms with van der Waals surface area (Å²) in [6, 6.07) is 7.28. The topological polar surface area (TPSA) is 113 Å². The van der Waals surface area contributed by atoms with Gasteiger partial charge in [-0.15, -0.1) is 0 Å². The quantitative estimate of drug-likeness (QED) is 0.522. The second kappa shape index (κ2) is 9.80. The van der Waals surface area contributed by atoms with Crippen molar-refractivity contribution in [3.05, 3.63) is 54.4 Å². The minimum Gasteiger partial charge on any atom is -0.325 e. The van der Waals surface area contributed by atoms with Gasteiger partial charge < -0.3 is 5.32 Å². The molecule has 0 atom stereocenters. The SMILES string of the molecule is CCc1ncc(-c2ccnc(Nc3ccnc(C)n3)c2)cc1NS(=O)(=O)N(CC)CC. The zero-order valence-electron chi connectivity index (χ0n) is 18.1. The zero-order chi connectivity index (χ0) is 22.4. The molecule has 0 aromatic carbocycles. The molecule has 31 heavy (non-hydrogen) atoms. The molecule has 3 rings (SSSR count). The van der Waals surface area contributed by atoms with Gasteiger partial charge in [0.25, 0.3) is 0 Å². The molecule has 3 aromatic rings. The van der Waals surface area contributed by atoms with Gasteiger partial charge in [0.2, 0.25) is 0 Å². The highest BCUT2D eigenvalue weighted by molar-refractivity contribution is 7.90. The summed E-state index contributed by atoms with van der Waals surface area (Å²) < 4.78 is 29.5. The van der Waals surface area contributed by atoms with Crippen molar-refractivity contribution >= 4 is 27.5 Å². The van der Waals surface area contributed by atoms with Crippen LogP contribution in [0.4, 0.5) is 17.3 Å². The second-order valence-electron chi connectivity index (χ2n) is 6.81. The molecule has 0 aliphatic carbocycles. The van der Waals surface area contributed by atoms with Crippen molar-refractivity contribution in [1.29, 1.82) is 0 Å². The lowest BCUT2D eigenvalue weighted by Crippen LogP contribution is -2.35. The van der Waals surface area contributed by atoms with E-state index >= 15 is 0 Å². The van der Waals surface area contributed by atoms with Crippen LogP contribution in [-0.4, -0.2) is 45.7 Å². The van der Waals surface area contributed by atoms with Crippen LogP contribution in [0.5, 0.6) is 0 Å². The van der Waals surface area contributed by atoms with Crippen LogP contribution >= 0.6 is 0 Å². The highest BCUT2D eigenvalue weighted by Gasteiger charge is 2.20. The maximum absolute atomic E-state index is 12.7. The molecule has 9 nitrogen and oxygen atoms in total. The van der Waals surface area contributed by atoms with Gasteiger partial charge in [0.05, 0.1) is 11.4 Å². The van der Waals surface area contributed by atoms with Crippen molar-refractivity contribution < 1.29 is 8.42 Å². The summed E-state index contributed by atoms with van der Waals surface area (Å²) in [5.41, 5.74) is 2.79. The standard InChI is InChI=1S/C21H27N7O2S/c1-5-18-19(27-31(29,30)28(6-2)7-3)12-17(14-24-18)16-8-10-23-21(13-16)26-20-9-11-22-15(4)25-20/h8-14,27H,5-7H2,1-4H3,(H,22,23,25,26). The van der Waals surface area contributed by atoms with Crippen molar-refractivity contribution in [1.82, 2.24) is 24.2 Å². The number of nitrogens with one attached hydrogen (secondary N) is 2. The van der Waals surface area contributed by atoms with Crippen molar-refractivity contribution in [2.45, 2.75) is 34.1 Å². The van der Waals surface area contributed by atoms with Crippen LogP contribution in [0.25, 0.3) is 11.1 Å². The summed E-state index contributed by atoms with van der Waals surface area (Å²) in [4.78, 5) is 17.2. The minimum atomic E-state index is -3.66. The average molecular weight is 442 g/mol. The van der Waals surface area contributed by atoms with Gasteiger partial charge in [-0.2, -0.15) is 12.7 Å². The monoisotopic (exact) mass is 441 g/mol. The Hall–Kier alpha value is -3.11. The molecule has 0 amide bonds. The predicted molar refractivity (Wildman–Crippen MR) is 122 cm³/mol. The number of aryl methyl sites for hydroxylation is 2. The van der Waals surface area contributed by atoms with E-state index in [1.807, 2.05) is 39.8 Å². The third kappa shape index (κ3) is 5.53. The molecule has 3 heterocycles. The first-order valence-corrected chi connectivity index (χ1v) is 11.6. The van der Waals surface area contributed by atoms with E-state index in [4.69, 9.17) is 0 Å². The van der Waals surface area contributed by atoms with Crippen molar-refractivity contribution in [3.8, 4) is 11.1 Å². The molecular weight excluding hydrogens is 414 g/mol. The molecule has 0 aliphatic heterocycles. The summed E-state index contributed by atoms with van der Waals surface area (Å²) in [5, 5.41) is 3.16. The predicted octanol–water partition coefficient (Wildman–Crippen LogP) is 3.55. The Morgan fingerprint density at radius 2 is 1.68 bits per heavy atom. The minimum absolute atomic E-state index is 0.391. The van der Waals surface area contributed by atoms with E-state index in [1.165, 1.54) is 4.31 Å². The van der Waals surface area contributed by atoms with Crippen molar-refractivity contribution in [2.24, 2.45) is 0 Å². The number of rotatable bonds is 9. The number of aromatic nitrogens is 4. The van der Waals surface area contributed by atoms with Crippen LogP contribution < -0.4 is 10.0 Å². The molecule has 10 heteroatoms. The van der Waals surface area contributed by atoms with E-state index in [1.54, 1.807) is 30.7 Å². The Morgan fingerprint density at radius 1 is 0.935 bits per heavy atom. The maximum atomic E-state index is 12.7. The molecule has 0 saturated heterocycles. The molecular formula is C21H27N7O2S. The van der Waals surface area contributed by atoms with Crippen LogP contribution in [-0.2, 0) is 16.6 Å². The Morgan fingerprint density at radius 3 is 2.35 bits per heavy atom. The third-order valence-electron chi connectivity index (χ3n) is 4.71. The van der Waals surface area contributed by atoms with Gasteiger partial charge in [-0.05, 0) is 43.2 Å². The van der Waals surface area contributed by atoms with E-state index in [0.29, 0.717) is 48.4 Å². The summed E-state index contributed by atoms with van der Waals surface area (Å²) in [6.45, 7) is 8.16. The van der Waals surface area contributed by atoms with Gasteiger partial charge in [-0.1, -0.05) is 20.8 Å². The van der Waals surface area contributed by atoms with Crippen LogP contribution in [0.3, 0.4) is 0 Å². The molecule has 0 fully saturated rings. The molecule has 0 aliphatic rings. The van der Waals surface area contributed by atoms with Crippen LogP contribution in [0, 0.1) is 6.92 Å². The highest BCUT2D eigenvalue weighted by Crippen LogP contribution is 2.27. The Kier molecular flexibility index (Phi) is 7.13. The van der Waals surface area contributed by atoms with Gasteiger partial charge in [0, 0.05) is 37.2 Å². The Bertz CT molecular complexity index is 1150. The average Bonchev–Trinajstić information content (AvgIpc) is 2.74. The van der Waals surface area contributed by atoms with Gasteiger partial charge >= 0.3 is 10.2 Å². The smallest absolute Gasteiger partial charge is 0.301 e. The molecule has 2 N–H and O–H groups in total. The number of anilines is 3. The molecule has 0 bridgehead atoms. The Labute approximate surface area is 183 Å². The molecule has 0 saturated carbocycles. The maximum Gasteiger partial charge on any atom is 0.301 e. The molecule has 0 radical (unpaired) electrons. The number of hydrogen-bond donors (Lipinski definition) is 2.